The summed E-state index contributed by atoms with van der Waals surface area (Å²) in [4.78, 5) is 0.129. The van der Waals surface area contributed by atoms with Crippen LogP contribution in [0.2, 0.25) is 5.02 Å². The summed E-state index contributed by atoms with van der Waals surface area (Å²) < 4.78 is 26.4. The van der Waals surface area contributed by atoms with Crippen molar-refractivity contribution in [2.24, 2.45) is 0 Å². The highest BCUT2D eigenvalue weighted by atomic mass is 35.5. The van der Waals surface area contributed by atoms with E-state index in [1.54, 1.807) is 18.2 Å². The lowest BCUT2D eigenvalue weighted by Gasteiger charge is -2.10. The maximum Gasteiger partial charge on any atom is 0.261 e. The maximum absolute atomic E-state index is 12.0. The number of sulfonamides is 1. The number of aromatic hydroxyl groups is 1. The number of phenols is 1. The van der Waals surface area contributed by atoms with Crippen LogP contribution in [0.5, 0.6) is 5.75 Å². The Morgan fingerprint density at radius 1 is 1.00 bits per heavy atom. The van der Waals surface area contributed by atoms with E-state index < -0.39 is 10.0 Å². The fraction of sp³-hybridized carbons (Fsp3) is 0. The number of phenolic OH excluding ortho intramolecular Hbond substituents is 1. The Morgan fingerprint density at radius 3 is 2.33 bits per heavy atom. The molecule has 0 aromatic heterocycles. The topological polar surface area (TPSA) is 66.4 Å². The smallest absolute Gasteiger partial charge is 0.261 e. The maximum atomic E-state index is 12.0. The third-order valence-corrected chi connectivity index (χ3v) is 4.05. The van der Waals surface area contributed by atoms with Gasteiger partial charge in [0.1, 0.15) is 10.8 Å². The molecule has 2 rings (SSSR count). The Kier molecular flexibility index (Phi) is 3.45. The standard InChI is InChI=1S/C12H10ClNO3S/c13-12-10(7-4-8-11(12)15)14-18(16,17)9-5-2-1-3-6-9/h1-8,14-15H. The summed E-state index contributed by atoms with van der Waals surface area (Å²) in [5, 5.41) is 9.37. The number of anilines is 1. The fourth-order valence-corrected chi connectivity index (χ4v) is 2.72. The molecule has 0 saturated heterocycles. The molecule has 18 heavy (non-hydrogen) atoms. The van der Waals surface area contributed by atoms with Gasteiger partial charge in [-0.2, -0.15) is 0 Å². The van der Waals surface area contributed by atoms with E-state index in [-0.39, 0.29) is 21.4 Å². The van der Waals surface area contributed by atoms with Gasteiger partial charge in [-0.15, -0.1) is 0 Å². The first kappa shape index (κ1) is 12.7. The monoisotopic (exact) mass is 283 g/mol. The Bertz CT molecular complexity index is 656. The van der Waals surface area contributed by atoms with Crippen LogP contribution in [0.3, 0.4) is 0 Å². The molecule has 0 unspecified atom stereocenters. The quantitative estimate of drug-likeness (QED) is 0.910. The molecule has 0 bridgehead atoms. The predicted octanol–water partition coefficient (Wildman–Crippen LogP) is 2.85. The minimum Gasteiger partial charge on any atom is -0.506 e. The number of hydrogen-bond acceptors (Lipinski definition) is 3. The van der Waals surface area contributed by atoms with Gasteiger partial charge in [0.15, 0.2) is 0 Å². The van der Waals surface area contributed by atoms with E-state index in [1.165, 1.54) is 30.3 Å². The van der Waals surface area contributed by atoms with E-state index >= 15 is 0 Å². The Labute approximate surface area is 110 Å². The van der Waals surface area contributed by atoms with E-state index in [9.17, 15) is 13.5 Å². The third-order valence-electron chi connectivity index (χ3n) is 2.28. The molecule has 2 aromatic rings. The molecule has 0 aliphatic carbocycles. The highest BCUT2D eigenvalue weighted by Gasteiger charge is 2.16. The molecule has 0 aliphatic rings. The number of benzene rings is 2. The van der Waals surface area contributed by atoms with Crippen molar-refractivity contribution in [3.05, 3.63) is 53.6 Å². The van der Waals surface area contributed by atoms with Gasteiger partial charge >= 0.3 is 0 Å². The highest BCUT2D eigenvalue weighted by molar-refractivity contribution is 7.92. The zero-order valence-corrected chi connectivity index (χ0v) is 10.7. The lowest BCUT2D eigenvalue weighted by molar-refractivity contribution is 0.476. The first-order chi connectivity index (χ1) is 8.50. The van der Waals surface area contributed by atoms with Crippen molar-refractivity contribution in [1.82, 2.24) is 0 Å². The van der Waals surface area contributed by atoms with Gasteiger partial charge in [0.25, 0.3) is 10.0 Å². The zero-order valence-electron chi connectivity index (χ0n) is 9.17. The minimum absolute atomic E-state index is 0.0305. The summed E-state index contributed by atoms with van der Waals surface area (Å²) in [5.74, 6) is -0.176. The average Bonchev–Trinajstić information content (AvgIpc) is 2.36. The summed E-state index contributed by atoms with van der Waals surface area (Å²) in [5.41, 5.74) is 0.139. The molecular weight excluding hydrogens is 274 g/mol. The van der Waals surface area contributed by atoms with Crippen molar-refractivity contribution < 1.29 is 13.5 Å². The van der Waals surface area contributed by atoms with Crippen molar-refractivity contribution in [2.75, 3.05) is 4.72 Å². The van der Waals surface area contributed by atoms with Gasteiger partial charge in [0, 0.05) is 0 Å². The molecule has 0 saturated carbocycles. The normalized spacial score (nSPS) is 11.2. The van der Waals surface area contributed by atoms with Crippen LogP contribution in [0.25, 0.3) is 0 Å². The van der Waals surface area contributed by atoms with Crippen LogP contribution in [-0.2, 0) is 10.0 Å². The number of hydrogen-bond donors (Lipinski definition) is 2. The van der Waals surface area contributed by atoms with Crippen LogP contribution >= 0.6 is 11.6 Å². The Hall–Kier alpha value is -1.72. The van der Waals surface area contributed by atoms with Crippen molar-refractivity contribution in [3.8, 4) is 5.75 Å². The van der Waals surface area contributed by atoms with Crippen LogP contribution in [0.4, 0.5) is 5.69 Å². The van der Waals surface area contributed by atoms with E-state index in [0.29, 0.717) is 0 Å². The van der Waals surface area contributed by atoms with E-state index in [2.05, 4.69) is 4.72 Å². The second-order valence-corrected chi connectivity index (χ2v) is 5.62. The van der Waals surface area contributed by atoms with Crippen LogP contribution in [0.1, 0.15) is 0 Å². The molecule has 2 N–H and O–H groups in total. The van der Waals surface area contributed by atoms with Crippen LogP contribution < -0.4 is 4.72 Å². The van der Waals surface area contributed by atoms with Crippen LogP contribution in [0, 0.1) is 0 Å². The van der Waals surface area contributed by atoms with Crippen molar-refractivity contribution in [1.29, 1.82) is 0 Å². The summed E-state index contributed by atoms with van der Waals surface area (Å²) in [6.07, 6.45) is 0. The lowest BCUT2D eigenvalue weighted by atomic mass is 10.3. The zero-order chi connectivity index (χ0) is 13.2. The van der Waals surface area contributed by atoms with E-state index in [1.807, 2.05) is 0 Å². The number of rotatable bonds is 3. The first-order valence-corrected chi connectivity index (χ1v) is 6.92. The van der Waals surface area contributed by atoms with E-state index in [4.69, 9.17) is 11.6 Å². The molecule has 0 fully saturated rings. The van der Waals surface area contributed by atoms with Gasteiger partial charge in [0.05, 0.1) is 10.6 Å². The van der Waals surface area contributed by atoms with Crippen molar-refractivity contribution in [3.63, 3.8) is 0 Å². The Balaban J connectivity index is 2.37. The molecule has 0 aliphatic heterocycles. The Morgan fingerprint density at radius 2 is 1.67 bits per heavy atom. The minimum atomic E-state index is -3.70. The summed E-state index contributed by atoms with van der Waals surface area (Å²) in [7, 11) is -3.70. The molecule has 94 valence electrons. The second kappa shape index (κ2) is 4.88. The molecule has 0 spiro atoms. The second-order valence-electron chi connectivity index (χ2n) is 3.56. The van der Waals surface area contributed by atoms with Gasteiger partial charge < -0.3 is 5.11 Å². The first-order valence-electron chi connectivity index (χ1n) is 5.06. The van der Waals surface area contributed by atoms with Gasteiger partial charge in [0.2, 0.25) is 0 Å². The van der Waals surface area contributed by atoms with Crippen LogP contribution in [-0.4, -0.2) is 13.5 Å². The summed E-state index contributed by atoms with van der Waals surface area (Å²) >= 11 is 5.81. The molecule has 2 aromatic carbocycles. The summed E-state index contributed by atoms with van der Waals surface area (Å²) in [6, 6.07) is 12.3. The molecule has 0 atom stereocenters. The molecule has 0 heterocycles. The molecule has 4 nitrogen and oxygen atoms in total. The number of halogens is 1. The van der Waals surface area contributed by atoms with Crippen molar-refractivity contribution >= 4 is 27.3 Å². The van der Waals surface area contributed by atoms with Gasteiger partial charge in [-0.05, 0) is 24.3 Å². The van der Waals surface area contributed by atoms with Gasteiger partial charge in [-0.1, -0.05) is 35.9 Å². The van der Waals surface area contributed by atoms with Gasteiger partial charge in [-0.25, -0.2) is 8.42 Å². The third kappa shape index (κ3) is 2.57. The highest BCUT2D eigenvalue weighted by Crippen LogP contribution is 2.32. The van der Waals surface area contributed by atoms with E-state index in [0.717, 1.165) is 0 Å². The average molecular weight is 284 g/mol. The predicted molar refractivity (Wildman–Crippen MR) is 70.4 cm³/mol. The van der Waals surface area contributed by atoms with Crippen molar-refractivity contribution in [2.45, 2.75) is 4.90 Å². The van der Waals surface area contributed by atoms with Crippen LogP contribution in [0.15, 0.2) is 53.4 Å². The summed E-state index contributed by atoms with van der Waals surface area (Å²) in [6.45, 7) is 0. The molecular formula is C12H10ClNO3S. The fourth-order valence-electron chi connectivity index (χ4n) is 1.40. The molecule has 0 radical (unpaired) electrons. The largest absolute Gasteiger partial charge is 0.506 e. The van der Waals surface area contributed by atoms with Gasteiger partial charge in [-0.3, -0.25) is 4.72 Å². The molecule has 0 amide bonds. The SMILES string of the molecule is O=S(=O)(Nc1cccc(O)c1Cl)c1ccccc1. The lowest BCUT2D eigenvalue weighted by Crippen LogP contribution is -2.13. The molecule has 6 heteroatoms. The number of nitrogens with one attached hydrogen (secondary N) is 1.